The molecule has 1 aliphatic rings. The molecule has 9 N–H and O–H groups in total. The molecule has 1 rings (SSSR count). The molecule has 0 radical (unpaired) electrons. The molecule has 150 valence electrons. The number of aliphatic hydroxyl groups is 4. The van der Waals surface area contributed by atoms with Crippen molar-refractivity contribution >= 4 is 29.8 Å². The van der Waals surface area contributed by atoms with Crippen LogP contribution in [0.2, 0.25) is 0 Å². The van der Waals surface area contributed by atoms with E-state index in [0.29, 0.717) is 0 Å². The zero-order chi connectivity index (χ0) is 21.0. The summed E-state index contributed by atoms with van der Waals surface area (Å²) in [7, 11) is 0. The highest BCUT2D eigenvalue weighted by atomic mass is 16.4. The second kappa shape index (κ2) is 12.5. The third-order valence-corrected chi connectivity index (χ3v) is 2.51. The van der Waals surface area contributed by atoms with Crippen molar-refractivity contribution in [3.05, 3.63) is 0 Å². The largest absolute Gasteiger partial charge is 0.479 e. The molecule has 26 heavy (non-hydrogen) atoms. The van der Waals surface area contributed by atoms with Crippen LogP contribution in [-0.2, 0) is 24.0 Å². The Balaban J connectivity index is 0. The molecule has 4 atom stereocenters. The summed E-state index contributed by atoms with van der Waals surface area (Å²) in [5.74, 6) is -6.87. The van der Waals surface area contributed by atoms with Crippen molar-refractivity contribution in [2.45, 2.75) is 37.3 Å². The van der Waals surface area contributed by atoms with E-state index < -0.39 is 48.3 Å². The maximum atomic E-state index is 10.1. The molecule has 1 heterocycles. The first-order valence-electron chi connectivity index (χ1n) is 6.73. The number of carbonyl (C=O) groups excluding carboxylic acids is 1. The van der Waals surface area contributed by atoms with Gasteiger partial charge in [-0.05, 0) is 6.42 Å². The Labute approximate surface area is 144 Å². The van der Waals surface area contributed by atoms with Crippen LogP contribution in [0.1, 0.15) is 12.8 Å². The van der Waals surface area contributed by atoms with E-state index >= 15 is 0 Å². The number of amides is 1. The molecule has 0 aromatic heterocycles. The molecule has 14 nitrogen and oxygen atoms in total. The topological polar surface area (TPSA) is 259 Å². The van der Waals surface area contributed by atoms with Crippen molar-refractivity contribution in [1.29, 1.82) is 0 Å². The predicted octanol–water partition coefficient (Wildman–Crippen LogP) is -4.35. The van der Waals surface area contributed by atoms with E-state index in [0.717, 1.165) is 19.4 Å². The summed E-state index contributed by atoms with van der Waals surface area (Å²) in [4.78, 5) is 49.2. The smallest absolute Gasteiger partial charge is 0.335 e. The van der Waals surface area contributed by atoms with Gasteiger partial charge in [-0.25, -0.2) is 19.2 Å². The van der Waals surface area contributed by atoms with Crippen molar-refractivity contribution in [1.82, 2.24) is 5.32 Å². The molecule has 0 saturated carbocycles. The number of hydrogen-bond donors (Lipinski definition) is 9. The van der Waals surface area contributed by atoms with E-state index in [1.807, 2.05) is 0 Å². The van der Waals surface area contributed by atoms with Gasteiger partial charge in [0.1, 0.15) is 0 Å². The lowest BCUT2D eigenvalue weighted by Crippen LogP contribution is -2.39. The van der Waals surface area contributed by atoms with Gasteiger partial charge in [-0.3, -0.25) is 4.79 Å². The Morgan fingerprint density at radius 3 is 1.04 bits per heavy atom. The van der Waals surface area contributed by atoms with Crippen molar-refractivity contribution in [3.63, 3.8) is 0 Å². The normalized spacial score (nSPS) is 17.0. The molecule has 1 saturated heterocycles. The van der Waals surface area contributed by atoms with E-state index in [4.69, 9.17) is 40.9 Å². The monoisotopic (exact) mass is 385 g/mol. The predicted molar refractivity (Wildman–Crippen MR) is 76.8 cm³/mol. The summed E-state index contributed by atoms with van der Waals surface area (Å²) in [5, 5.41) is 67.7. The summed E-state index contributed by atoms with van der Waals surface area (Å²) in [6, 6.07) is 0. The Kier molecular flexibility index (Phi) is 12.3. The molecular formula is C12H19NO13. The summed E-state index contributed by atoms with van der Waals surface area (Å²) in [6.45, 7) is 0.888. The molecule has 1 fully saturated rings. The lowest BCUT2D eigenvalue weighted by molar-refractivity contribution is -0.165. The Morgan fingerprint density at radius 1 is 0.692 bits per heavy atom. The molecule has 0 spiro atoms. The number of rotatable bonds is 6. The first-order valence-corrected chi connectivity index (χ1v) is 6.73. The summed E-state index contributed by atoms with van der Waals surface area (Å²) in [6.07, 6.45) is -7.30. The van der Waals surface area contributed by atoms with Crippen molar-refractivity contribution in [2.24, 2.45) is 0 Å². The molecule has 0 aliphatic carbocycles. The highest BCUT2D eigenvalue weighted by Crippen LogP contribution is 1.94. The minimum Gasteiger partial charge on any atom is -0.479 e. The first kappa shape index (κ1) is 25.4. The van der Waals surface area contributed by atoms with Crippen LogP contribution in [0.15, 0.2) is 0 Å². The highest BCUT2D eigenvalue weighted by Gasteiger charge is 2.30. The van der Waals surface area contributed by atoms with Crippen LogP contribution in [0.5, 0.6) is 0 Å². The van der Waals surface area contributed by atoms with Crippen LogP contribution >= 0.6 is 0 Å². The van der Waals surface area contributed by atoms with Gasteiger partial charge in [-0.2, -0.15) is 0 Å². The third kappa shape index (κ3) is 10.9. The lowest BCUT2D eigenvalue weighted by Gasteiger charge is -2.07. The molecule has 1 amide bonds. The van der Waals surface area contributed by atoms with E-state index in [1.165, 1.54) is 0 Å². The van der Waals surface area contributed by atoms with Crippen LogP contribution in [0.25, 0.3) is 0 Å². The average molecular weight is 385 g/mol. The number of aliphatic hydroxyl groups excluding tert-OH is 4. The number of aliphatic carboxylic acids is 4. The van der Waals surface area contributed by atoms with Crippen LogP contribution in [0.4, 0.5) is 0 Å². The number of carboxylic acid groups (broad SMARTS) is 4. The van der Waals surface area contributed by atoms with Gasteiger partial charge in [-0.15, -0.1) is 0 Å². The van der Waals surface area contributed by atoms with Crippen LogP contribution in [0, 0.1) is 0 Å². The fraction of sp³-hybridized carbons (Fsp3) is 0.583. The Bertz CT molecular complexity index is 439. The van der Waals surface area contributed by atoms with E-state index in [1.54, 1.807) is 0 Å². The Morgan fingerprint density at radius 2 is 0.962 bits per heavy atom. The van der Waals surface area contributed by atoms with Crippen molar-refractivity contribution in [3.8, 4) is 0 Å². The fourth-order valence-corrected chi connectivity index (χ4v) is 1.11. The number of nitrogens with one attached hydrogen (secondary N) is 1. The third-order valence-electron chi connectivity index (χ3n) is 2.51. The molecular weight excluding hydrogens is 366 g/mol. The second-order valence-corrected chi connectivity index (χ2v) is 4.59. The fourth-order valence-electron chi connectivity index (χ4n) is 1.11. The minimum absolute atomic E-state index is 0.204. The van der Waals surface area contributed by atoms with E-state index in [2.05, 4.69) is 5.32 Å². The van der Waals surface area contributed by atoms with Crippen LogP contribution in [-0.4, -0.2) is 102 Å². The zero-order valence-electron chi connectivity index (χ0n) is 13.0. The van der Waals surface area contributed by atoms with Gasteiger partial charge < -0.3 is 46.2 Å². The lowest BCUT2D eigenvalue weighted by atomic mass is 10.2. The molecule has 0 bridgehead atoms. The maximum Gasteiger partial charge on any atom is 0.335 e. The number of hydrogen-bond acceptors (Lipinski definition) is 9. The average Bonchev–Trinajstić information content (AvgIpc) is 3.03. The van der Waals surface area contributed by atoms with Gasteiger partial charge in [0.25, 0.3) is 0 Å². The second-order valence-electron chi connectivity index (χ2n) is 4.59. The summed E-state index contributed by atoms with van der Waals surface area (Å²) in [5.41, 5.74) is 0. The molecule has 0 aromatic rings. The van der Waals surface area contributed by atoms with Crippen molar-refractivity contribution in [2.75, 3.05) is 6.54 Å². The number of carboxylic acids is 4. The van der Waals surface area contributed by atoms with Crippen LogP contribution < -0.4 is 5.32 Å². The summed E-state index contributed by atoms with van der Waals surface area (Å²) < 4.78 is 0. The van der Waals surface area contributed by atoms with Crippen LogP contribution in [0.3, 0.4) is 0 Å². The molecule has 0 aromatic carbocycles. The molecule has 1 aliphatic heterocycles. The van der Waals surface area contributed by atoms with Crippen molar-refractivity contribution < 1.29 is 64.8 Å². The van der Waals surface area contributed by atoms with Gasteiger partial charge in [0.15, 0.2) is 24.4 Å². The SMILES string of the molecule is O=C(O)[C@@H](O)[C@H](O)C(=O)O.O=C(O)[C@@H](O)[C@H](O)C(=O)O.O=C1CCCN1. The van der Waals surface area contributed by atoms with Gasteiger partial charge >= 0.3 is 23.9 Å². The highest BCUT2D eigenvalue weighted by molar-refractivity contribution is 5.83. The van der Waals surface area contributed by atoms with Gasteiger partial charge in [-0.1, -0.05) is 0 Å². The van der Waals surface area contributed by atoms with Gasteiger partial charge in [0.2, 0.25) is 5.91 Å². The Hall–Kier alpha value is -2.81. The molecule has 0 unspecified atom stereocenters. The minimum atomic E-state index is -2.27. The zero-order valence-corrected chi connectivity index (χ0v) is 13.0. The molecule has 14 heteroatoms. The maximum absolute atomic E-state index is 10.1. The van der Waals surface area contributed by atoms with Gasteiger partial charge in [0.05, 0.1) is 0 Å². The quantitative estimate of drug-likeness (QED) is 0.209. The van der Waals surface area contributed by atoms with Gasteiger partial charge in [0, 0.05) is 13.0 Å². The first-order chi connectivity index (χ1) is 11.8. The summed E-state index contributed by atoms with van der Waals surface area (Å²) >= 11 is 0. The standard InChI is InChI=1S/C4H7NO.2C4H6O6/c6-4-2-1-3-5-4;2*5-1(3(7)8)2(6)4(9)10/h1-3H2,(H,5,6);2*1-2,5-6H,(H,7,8)(H,9,10)/t;2*1-,2-/m.00/s1. The van der Waals surface area contributed by atoms with E-state index in [-0.39, 0.29) is 5.91 Å². The number of carbonyl (C=O) groups is 5. The van der Waals surface area contributed by atoms with E-state index in [9.17, 15) is 24.0 Å².